The van der Waals surface area contributed by atoms with Crippen molar-refractivity contribution in [1.82, 2.24) is 9.97 Å². The second kappa shape index (κ2) is 4.10. The highest BCUT2D eigenvalue weighted by atomic mass is 79.9. The summed E-state index contributed by atoms with van der Waals surface area (Å²) in [7, 11) is 0. The Balaban J connectivity index is 2.30. The first-order valence-corrected chi connectivity index (χ1v) is 5.14. The Labute approximate surface area is 89.2 Å². The van der Waals surface area contributed by atoms with Gasteiger partial charge in [-0.2, -0.15) is 0 Å². The van der Waals surface area contributed by atoms with Crippen LogP contribution in [0.1, 0.15) is 0 Å². The lowest BCUT2D eigenvalue weighted by Gasteiger charge is -2.27. The highest BCUT2D eigenvalue weighted by molar-refractivity contribution is 9.10. The lowest BCUT2D eigenvalue weighted by molar-refractivity contribution is 0.122. The lowest BCUT2D eigenvalue weighted by Crippen LogP contribution is -2.37. The highest BCUT2D eigenvalue weighted by Crippen LogP contribution is 2.19. The van der Waals surface area contributed by atoms with Crippen molar-refractivity contribution in [2.24, 2.45) is 0 Å². The Bertz CT molecular complexity index is 373. The smallest absolute Gasteiger partial charge is 0.267 e. The average Bonchev–Trinajstić information content (AvgIpc) is 2.23. The Morgan fingerprint density at radius 2 is 2.21 bits per heavy atom. The van der Waals surface area contributed by atoms with Crippen LogP contribution in [-0.4, -0.2) is 36.3 Å². The predicted molar refractivity (Wildman–Crippen MR) is 55.6 cm³/mol. The van der Waals surface area contributed by atoms with Gasteiger partial charge in [0.25, 0.3) is 5.56 Å². The first-order chi connectivity index (χ1) is 6.79. The van der Waals surface area contributed by atoms with Gasteiger partial charge in [-0.1, -0.05) is 0 Å². The Hall–Kier alpha value is -0.880. The van der Waals surface area contributed by atoms with E-state index in [2.05, 4.69) is 25.9 Å². The van der Waals surface area contributed by atoms with Crippen LogP contribution in [0.15, 0.2) is 15.6 Å². The number of H-pyrrole nitrogens is 1. The van der Waals surface area contributed by atoms with Crippen LogP contribution in [0.3, 0.4) is 0 Å². The van der Waals surface area contributed by atoms with E-state index in [0.29, 0.717) is 23.5 Å². The molecule has 14 heavy (non-hydrogen) atoms. The van der Waals surface area contributed by atoms with Gasteiger partial charge in [0.1, 0.15) is 10.3 Å². The number of aromatic amines is 1. The zero-order valence-corrected chi connectivity index (χ0v) is 9.08. The van der Waals surface area contributed by atoms with Crippen molar-refractivity contribution in [3.63, 3.8) is 0 Å². The Morgan fingerprint density at radius 1 is 1.50 bits per heavy atom. The van der Waals surface area contributed by atoms with Crippen molar-refractivity contribution in [2.45, 2.75) is 0 Å². The van der Waals surface area contributed by atoms with E-state index in [1.54, 1.807) is 0 Å². The summed E-state index contributed by atoms with van der Waals surface area (Å²) in [5.74, 6) is 0.692. The molecule has 1 aliphatic rings. The monoisotopic (exact) mass is 259 g/mol. The van der Waals surface area contributed by atoms with E-state index in [1.165, 1.54) is 6.33 Å². The zero-order valence-electron chi connectivity index (χ0n) is 7.49. The summed E-state index contributed by atoms with van der Waals surface area (Å²) < 4.78 is 5.71. The number of rotatable bonds is 1. The van der Waals surface area contributed by atoms with Crippen molar-refractivity contribution in [3.05, 3.63) is 21.2 Å². The van der Waals surface area contributed by atoms with Crippen molar-refractivity contribution in [3.8, 4) is 0 Å². The third-order valence-corrected chi connectivity index (χ3v) is 2.80. The molecule has 2 rings (SSSR count). The molecular weight excluding hydrogens is 250 g/mol. The molecule has 0 radical (unpaired) electrons. The van der Waals surface area contributed by atoms with Gasteiger partial charge in [-0.15, -0.1) is 0 Å². The topological polar surface area (TPSA) is 58.2 Å². The van der Waals surface area contributed by atoms with Crippen molar-refractivity contribution < 1.29 is 4.74 Å². The summed E-state index contributed by atoms with van der Waals surface area (Å²) in [6.45, 7) is 2.91. The molecule has 0 bridgehead atoms. The molecule has 1 fully saturated rings. The van der Waals surface area contributed by atoms with Gasteiger partial charge in [0.05, 0.1) is 19.5 Å². The molecule has 6 heteroatoms. The SMILES string of the molecule is O=c1[nH]cnc(N2CCOCC2)c1Br. The van der Waals surface area contributed by atoms with Crippen molar-refractivity contribution in [1.29, 1.82) is 0 Å². The molecule has 0 spiro atoms. The molecule has 1 aromatic heterocycles. The maximum absolute atomic E-state index is 11.3. The molecular formula is C8H10BrN3O2. The van der Waals surface area contributed by atoms with E-state index in [0.717, 1.165) is 13.1 Å². The fourth-order valence-corrected chi connectivity index (χ4v) is 1.84. The van der Waals surface area contributed by atoms with Crippen LogP contribution >= 0.6 is 15.9 Å². The summed E-state index contributed by atoms with van der Waals surface area (Å²) in [5.41, 5.74) is -0.151. The van der Waals surface area contributed by atoms with Gasteiger partial charge in [0, 0.05) is 13.1 Å². The van der Waals surface area contributed by atoms with Crippen LogP contribution in [0.5, 0.6) is 0 Å². The average molecular weight is 260 g/mol. The first-order valence-electron chi connectivity index (χ1n) is 4.35. The molecule has 0 atom stereocenters. The fraction of sp³-hybridized carbons (Fsp3) is 0.500. The number of nitrogens with one attached hydrogen (secondary N) is 1. The van der Waals surface area contributed by atoms with E-state index in [1.807, 2.05) is 4.90 Å². The summed E-state index contributed by atoms with van der Waals surface area (Å²) in [6.07, 6.45) is 1.41. The summed E-state index contributed by atoms with van der Waals surface area (Å²) >= 11 is 3.23. The van der Waals surface area contributed by atoms with Gasteiger partial charge in [-0.05, 0) is 15.9 Å². The maximum atomic E-state index is 11.3. The molecule has 0 unspecified atom stereocenters. The van der Waals surface area contributed by atoms with E-state index < -0.39 is 0 Å². The van der Waals surface area contributed by atoms with Gasteiger partial charge in [0.15, 0.2) is 0 Å². The number of hydrogen-bond acceptors (Lipinski definition) is 4. The first kappa shape index (κ1) is 9.67. The number of halogens is 1. The predicted octanol–water partition coefficient (Wildman–Crippen LogP) is 0.369. The van der Waals surface area contributed by atoms with Gasteiger partial charge < -0.3 is 14.6 Å². The van der Waals surface area contributed by atoms with Crippen LogP contribution in [0.2, 0.25) is 0 Å². The number of nitrogens with zero attached hydrogens (tertiary/aromatic N) is 2. The molecule has 0 aliphatic carbocycles. The van der Waals surface area contributed by atoms with Gasteiger partial charge in [0.2, 0.25) is 0 Å². The second-order valence-corrected chi connectivity index (χ2v) is 3.76. The number of ether oxygens (including phenoxy) is 1. The molecule has 0 saturated carbocycles. The quantitative estimate of drug-likeness (QED) is 0.792. The standard InChI is InChI=1S/C8H10BrN3O2/c9-6-7(10-5-11-8(6)13)12-1-3-14-4-2-12/h5H,1-4H2,(H,10,11,13). The molecule has 76 valence electrons. The molecule has 1 aromatic rings. The Morgan fingerprint density at radius 3 is 2.93 bits per heavy atom. The maximum Gasteiger partial charge on any atom is 0.267 e. The summed E-state index contributed by atoms with van der Waals surface area (Å²) in [6, 6.07) is 0. The van der Waals surface area contributed by atoms with Gasteiger partial charge >= 0.3 is 0 Å². The van der Waals surface area contributed by atoms with E-state index >= 15 is 0 Å². The molecule has 0 aromatic carbocycles. The molecule has 2 heterocycles. The molecule has 5 nitrogen and oxygen atoms in total. The molecule has 1 aliphatic heterocycles. The van der Waals surface area contributed by atoms with E-state index in [9.17, 15) is 4.79 Å². The van der Waals surface area contributed by atoms with Crippen LogP contribution in [-0.2, 0) is 4.74 Å². The molecule has 1 saturated heterocycles. The van der Waals surface area contributed by atoms with E-state index in [-0.39, 0.29) is 5.56 Å². The van der Waals surface area contributed by atoms with Crippen LogP contribution in [0.25, 0.3) is 0 Å². The minimum atomic E-state index is -0.151. The van der Waals surface area contributed by atoms with Crippen LogP contribution in [0, 0.1) is 0 Å². The van der Waals surface area contributed by atoms with Crippen LogP contribution in [0.4, 0.5) is 5.82 Å². The molecule has 0 amide bonds. The minimum absolute atomic E-state index is 0.151. The largest absolute Gasteiger partial charge is 0.378 e. The number of hydrogen-bond donors (Lipinski definition) is 1. The van der Waals surface area contributed by atoms with Gasteiger partial charge in [-0.25, -0.2) is 4.98 Å². The van der Waals surface area contributed by atoms with Crippen LogP contribution < -0.4 is 10.5 Å². The third kappa shape index (κ3) is 1.80. The number of morpholine rings is 1. The molecule has 1 N–H and O–H groups in total. The lowest BCUT2D eigenvalue weighted by atomic mass is 10.4. The Kier molecular flexibility index (Phi) is 2.83. The van der Waals surface area contributed by atoms with Crippen molar-refractivity contribution >= 4 is 21.7 Å². The second-order valence-electron chi connectivity index (χ2n) is 2.97. The number of anilines is 1. The third-order valence-electron chi connectivity index (χ3n) is 2.09. The minimum Gasteiger partial charge on any atom is -0.378 e. The van der Waals surface area contributed by atoms with Gasteiger partial charge in [-0.3, -0.25) is 4.79 Å². The normalized spacial score (nSPS) is 17.1. The fourth-order valence-electron chi connectivity index (χ4n) is 1.37. The summed E-state index contributed by atoms with van der Waals surface area (Å²) in [4.78, 5) is 20.0. The zero-order chi connectivity index (χ0) is 9.97. The highest BCUT2D eigenvalue weighted by Gasteiger charge is 2.16. The van der Waals surface area contributed by atoms with Crippen molar-refractivity contribution in [2.75, 3.05) is 31.2 Å². The summed E-state index contributed by atoms with van der Waals surface area (Å²) in [5, 5.41) is 0. The van der Waals surface area contributed by atoms with E-state index in [4.69, 9.17) is 4.74 Å². The number of aromatic nitrogens is 2.